The second kappa shape index (κ2) is 9.37. The van der Waals surface area contributed by atoms with Gasteiger partial charge in [0.2, 0.25) is 11.3 Å². The van der Waals surface area contributed by atoms with Gasteiger partial charge in [-0.05, 0) is 43.2 Å². The first-order valence-corrected chi connectivity index (χ1v) is 11.2. The highest BCUT2D eigenvalue weighted by molar-refractivity contribution is 5.94. The fourth-order valence-corrected chi connectivity index (χ4v) is 4.52. The van der Waals surface area contributed by atoms with Crippen molar-refractivity contribution < 1.29 is 27.8 Å². The number of hydrogen-bond donors (Lipinski definition) is 1. The molecule has 36 heavy (non-hydrogen) atoms. The van der Waals surface area contributed by atoms with Crippen LogP contribution in [-0.2, 0) is 0 Å². The highest BCUT2D eigenvalue weighted by Gasteiger charge is 2.29. The fourth-order valence-electron chi connectivity index (χ4n) is 4.52. The first kappa shape index (κ1) is 23.4. The molecule has 1 fully saturated rings. The minimum absolute atomic E-state index is 0.0437. The van der Waals surface area contributed by atoms with Crippen molar-refractivity contribution in [3.8, 4) is 11.6 Å². The molecule has 0 saturated carbocycles. The van der Waals surface area contributed by atoms with Crippen LogP contribution in [0.2, 0.25) is 0 Å². The molecule has 184 valence electrons. The van der Waals surface area contributed by atoms with Crippen molar-refractivity contribution in [3.05, 3.63) is 94.2 Å². The predicted molar refractivity (Wildman–Crippen MR) is 126 cm³/mol. The Kier molecular flexibility index (Phi) is 6.09. The largest absolute Gasteiger partial charge is 0.477 e. The number of anilines is 1. The molecule has 2 aromatic carbocycles. The molecule has 0 bridgehead atoms. The lowest BCUT2D eigenvalue weighted by Gasteiger charge is -2.27. The maximum atomic E-state index is 15.4. The fraction of sp³-hybridized carbons (Fsp3) is 0.192. The summed E-state index contributed by atoms with van der Waals surface area (Å²) >= 11 is 0. The van der Waals surface area contributed by atoms with Crippen LogP contribution in [0.25, 0.3) is 16.6 Å². The number of carboxylic acids is 1. The molecule has 0 aliphatic carbocycles. The number of carboxylic acid groups (broad SMARTS) is 1. The number of benzene rings is 2. The molecule has 10 heteroatoms. The Morgan fingerprint density at radius 2 is 1.92 bits per heavy atom. The molecule has 0 unspecified atom stereocenters. The lowest BCUT2D eigenvalue weighted by molar-refractivity contribution is 0.0695. The van der Waals surface area contributed by atoms with Crippen molar-refractivity contribution in [2.24, 2.45) is 0 Å². The lowest BCUT2D eigenvalue weighted by atomic mass is 10.1. The summed E-state index contributed by atoms with van der Waals surface area (Å²) < 4.78 is 50.9. The summed E-state index contributed by atoms with van der Waals surface area (Å²) in [5.41, 5.74) is -1.74. The zero-order chi connectivity index (χ0) is 25.4. The molecule has 4 aromatic rings. The summed E-state index contributed by atoms with van der Waals surface area (Å²) in [5, 5.41) is 9.24. The summed E-state index contributed by atoms with van der Waals surface area (Å²) in [7, 11) is 0. The lowest BCUT2D eigenvalue weighted by Crippen LogP contribution is -2.35. The number of aromatic nitrogens is 2. The number of carbonyl (C=O) groups is 1. The number of hydrogen-bond acceptors (Lipinski definition) is 5. The highest BCUT2D eigenvalue weighted by atomic mass is 19.1. The van der Waals surface area contributed by atoms with Crippen molar-refractivity contribution in [2.45, 2.75) is 18.9 Å². The normalized spacial score (nSPS) is 15.4. The molecule has 1 atom stereocenters. The Balaban J connectivity index is 1.64. The van der Waals surface area contributed by atoms with E-state index in [9.17, 15) is 23.5 Å². The third kappa shape index (κ3) is 4.26. The average molecular weight is 495 g/mol. The molecule has 0 radical (unpaired) electrons. The first-order chi connectivity index (χ1) is 17.3. The number of halogens is 3. The van der Waals surface area contributed by atoms with Crippen LogP contribution in [0.1, 0.15) is 23.2 Å². The molecule has 0 amide bonds. The number of nitrogens with zero attached hydrogens (tertiary/aromatic N) is 3. The third-order valence-electron chi connectivity index (χ3n) is 6.22. The van der Waals surface area contributed by atoms with Gasteiger partial charge in [-0.2, -0.15) is 0 Å². The Morgan fingerprint density at radius 3 is 2.67 bits per heavy atom. The van der Waals surface area contributed by atoms with Gasteiger partial charge in [0.1, 0.15) is 29.6 Å². The summed E-state index contributed by atoms with van der Waals surface area (Å²) in [6.45, 7) is 0.738. The van der Waals surface area contributed by atoms with Gasteiger partial charge in [-0.1, -0.05) is 6.07 Å². The highest BCUT2D eigenvalue weighted by Crippen LogP contribution is 2.32. The van der Waals surface area contributed by atoms with E-state index in [0.717, 1.165) is 41.5 Å². The molecule has 0 spiro atoms. The Bertz CT molecular complexity index is 1520. The van der Waals surface area contributed by atoms with Crippen LogP contribution in [0.3, 0.4) is 0 Å². The van der Waals surface area contributed by atoms with E-state index < -0.39 is 34.4 Å². The number of pyridine rings is 2. The number of rotatable bonds is 6. The van der Waals surface area contributed by atoms with E-state index in [0.29, 0.717) is 18.8 Å². The van der Waals surface area contributed by atoms with Gasteiger partial charge in [0, 0.05) is 36.5 Å². The number of fused-ring (bicyclic) bond motifs is 1. The standard InChI is InChI=1S/C26H20F3N3O4/c27-15-6-7-19(28)22(10-15)32-13-18(26(34)35)25(33)17-11-20(29)23(12-21(17)32)31-9-3-4-16(31)14-36-24-5-1-2-8-30-24/h1-2,5-8,10-13,16H,3-4,9,14H2,(H,34,35)/t16-/m1/s1. The molecule has 1 aliphatic rings. The van der Waals surface area contributed by atoms with Gasteiger partial charge in [-0.3, -0.25) is 4.79 Å². The molecule has 7 nitrogen and oxygen atoms in total. The minimum Gasteiger partial charge on any atom is -0.477 e. The molecule has 2 aromatic heterocycles. The first-order valence-electron chi connectivity index (χ1n) is 11.2. The van der Waals surface area contributed by atoms with Crippen LogP contribution in [0.15, 0.2) is 65.7 Å². The summed E-state index contributed by atoms with van der Waals surface area (Å²) in [6.07, 6.45) is 4.00. The van der Waals surface area contributed by atoms with E-state index in [2.05, 4.69) is 4.98 Å². The molecule has 1 aliphatic heterocycles. The van der Waals surface area contributed by atoms with Crippen molar-refractivity contribution in [1.29, 1.82) is 0 Å². The molecular formula is C26H20F3N3O4. The van der Waals surface area contributed by atoms with Gasteiger partial charge in [-0.15, -0.1) is 0 Å². The maximum Gasteiger partial charge on any atom is 0.341 e. The monoisotopic (exact) mass is 495 g/mol. The minimum atomic E-state index is -1.57. The topological polar surface area (TPSA) is 84.7 Å². The van der Waals surface area contributed by atoms with E-state index in [-0.39, 0.29) is 34.9 Å². The zero-order valence-corrected chi connectivity index (χ0v) is 18.8. The SMILES string of the molecule is O=C(O)c1cn(-c2cc(F)ccc2F)c2cc(N3CCC[C@@H]3COc3ccccn3)c(F)cc2c1=O. The van der Waals surface area contributed by atoms with Crippen LogP contribution in [0, 0.1) is 17.5 Å². The van der Waals surface area contributed by atoms with Crippen LogP contribution >= 0.6 is 0 Å². The van der Waals surface area contributed by atoms with Gasteiger partial charge < -0.3 is 19.3 Å². The van der Waals surface area contributed by atoms with Crippen molar-refractivity contribution in [3.63, 3.8) is 0 Å². The van der Waals surface area contributed by atoms with E-state index in [1.807, 2.05) is 0 Å². The summed E-state index contributed by atoms with van der Waals surface area (Å²) in [5.74, 6) is -3.48. The quantitative estimate of drug-likeness (QED) is 0.423. The summed E-state index contributed by atoms with van der Waals surface area (Å²) in [4.78, 5) is 30.4. The summed E-state index contributed by atoms with van der Waals surface area (Å²) in [6, 6.07) is 10.1. The average Bonchev–Trinajstić information content (AvgIpc) is 3.33. The second-order valence-corrected chi connectivity index (χ2v) is 8.43. The molecule has 1 saturated heterocycles. The van der Waals surface area contributed by atoms with E-state index in [1.165, 1.54) is 6.07 Å². The van der Waals surface area contributed by atoms with Crippen LogP contribution in [0.5, 0.6) is 5.88 Å². The van der Waals surface area contributed by atoms with Gasteiger partial charge in [0.25, 0.3) is 0 Å². The molecule has 5 rings (SSSR count). The smallest absolute Gasteiger partial charge is 0.341 e. The second-order valence-electron chi connectivity index (χ2n) is 8.43. The Hall–Kier alpha value is -4.34. The van der Waals surface area contributed by atoms with Gasteiger partial charge in [0.15, 0.2) is 0 Å². The number of aromatic carboxylic acids is 1. The van der Waals surface area contributed by atoms with Crippen LogP contribution < -0.4 is 15.1 Å². The zero-order valence-electron chi connectivity index (χ0n) is 18.8. The Labute approximate surface area is 203 Å². The Morgan fingerprint density at radius 1 is 1.08 bits per heavy atom. The van der Waals surface area contributed by atoms with E-state index in [4.69, 9.17) is 4.74 Å². The van der Waals surface area contributed by atoms with Crippen LogP contribution in [0.4, 0.5) is 18.9 Å². The van der Waals surface area contributed by atoms with Crippen LogP contribution in [-0.4, -0.2) is 39.8 Å². The van der Waals surface area contributed by atoms with E-state index in [1.54, 1.807) is 29.3 Å². The van der Waals surface area contributed by atoms with Gasteiger partial charge in [-0.25, -0.2) is 22.9 Å². The molecule has 1 N–H and O–H groups in total. The molecular weight excluding hydrogens is 475 g/mol. The van der Waals surface area contributed by atoms with Crippen molar-refractivity contribution in [2.75, 3.05) is 18.1 Å². The van der Waals surface area contributed by atoms with Crippen molar-refractivity contribution >= 4 is 22.6 Å². The van der Waals surface area contributed by atoms with E-state index >= 15 is 4.39 Å². The third-order valence-corrected chi connectivity index (χ3v) is 6.22. The van der Waals surface area contributed by atoms with Gasteiger partial charge >= 0.3 is 5.97 Å². The molecule has 3 heterocycles. The van der Waals surface area contributed by atoms with Gasteiger partial charge in [0.05, 0.1) is 22.9 Å². The van der Waals surface area contributed by atoms with Crippen molar-refractivity contribution in [1.82, 2.24) is 9.55 Å². The number of ether oxygens (including phenoxy) is 1. The maximum absolute atomic E-state index is 15.4. The predicted octanol–water partition coefficient (Wildman–Crippen LogP) is 4.55.